The van der Waals surface area contributed by atoms with Crippen LogP contribution in [0.1, 0.15) is 5.56 Å². The van der Waals surface area contributed by atoms with Crippen LogP contribution >= 0.6 is 0 Å². The standard InChI is InChI=1S/C14H12N2O5S/c17-16(18)12-2-4-13(5-3-12)22(19,20)15-11-1-6-14-10(9-11)7-8-21-14/h1-6,9,15H,7-8H2. The van der Waals surface area contributed by atoms with Gasteiger partial charge in [-0.2, -0.15) is 0 Å². The van der Waals surface area contributed by atoms with Crippen molar-refractivity contribution < 1.29 is 18.1 Å². The Balaban J connectivity index is 1.85. The van der Waals surface area contributed by atoms with E-state index in [1.165, 1.54) is 12.1 Å². The first-order valence-corrected chi connectivity index (χ1v) is 7.97. The topological polar surface area (TPSA) is 98.5 Å². The predicted octanol–water partition coefficient (Wildman–Crippen LogP) is 2.33. The Morgan fingerprint density at radius 3 is 2.55 bits per heavy atom. The van der Waals surface area contributed by atoms with Gasteiger partial charge in [0, 0.05) is 24.2 Å². The molecule has 2 aromatic rings. The van der Waals surface area contributed by atoms with E-state index in [-0.39, 0.29) is 10.6 Å². The number of nitro benzene ring substituents is 1. The van der Waals surface area contributed by atoms with Gasteiger partial charge in [-0.25, -0.2) is 8.42 Å². The summed E-state index contributed by atoms with van der Waals surface area (Å²) >= 11 is 0. The largest absolute Gasteiger partial charge is 0.493 e. The molecule has 7 nitrogen and oxygen atoms in total. The van der Waals surface area contributed by atoms with Crippen LogP contribution in [0.4, 0.5) is 11.4 Å². The van der Waals surface area contributed by atoms with Crippen molar-refractivity contribution in [3.63, 3.8) is 0 Å². The van der Waals surface area contributed by atoms with E-state index in [0.29, 0.717) is 12.3 Å². The molecule has 0 saturated carbocycles. The first-order chi connectivity index (χ1) is 10.5. The summed E-state index contributed by atoms with van der Waals surface area (Å²) in [5.74, 6) is 0.762. The molecule has 2 aromatic carbocycles. The SMILES string of the molecule is O=[N+]([O-])c1ccc(S(=O)(=O)Nc2ccc3c(c2)CCO3)cc1. The molecular weight excluding hydrogens is 308 g/mol. The summed E-state index contributed by atoms with van der Waals surface area (Å²) in [5, 5.41) is 10.6. The van der Waals surface area contributed by atoms with E-state index in [0.717, 1.165) is 29.9 Å². The van der Waals surface area contributed by atoms with Gasteiger partial charge in [-0.05, 0) is 35.9 Å². The van der Waals surface area contributed by atoms with Gasteiger partial charge in [-0.3, -0.25) is 14.8 Å². The Bertz CT molecular complexity index is 831. The zero-order valence-corrected chi connectivity index (χ0v) is 12.2. The fraction of sp³-hybridized carbons (Fsp3) is 0.143. The number of hydrogen-bond acceptors (Lipinski definition) is 5. The molecule has 0 aromatic heterocycles. The molecule has 1 aliphatic heterocycles. The first-order valence-electron chi connectivity index (χ1n) is 6.49. The number of ether oxygens (including phenoxy) is 1. The van der Waals surface area contributed by atoms with E-state index in [9.17, 15) is 18.5 Å². The molecule has 0 bridgehead atoms. The summed E-state index contributed by atoms with van der Waals surface area (Å²) in [7, 11) is -3.79. The summed E-state index contributed by atoms with van der Waals surface area (Å²) in [6.07, 6.45) is 0.739. The molecule has 0 fully saturated rings. The molecule has 0 unspecified atom stereocenters. The number of anilines is 1. The predicted molar refractivity (Wildman–Crippen MR) is 79.5 cm³/mol. The maximum absolute atomic E-state index is 12.3. The van der Waals surface area contributed by atoms with E-state index in [1.54, 1.807) is 18.2 Å². The Morgan fingerprint density at radius 1 is 1.14 bits per heavy atom. The van der Waals surface area contributed by atoms with Gasteiger partial charge < -0.3 is 4.74 Å². The fourth-order valence-corrected chi connectivity index (χ4v) is 3.26. The number of fused-ring (bicyclic) bond motifs is 1. The van der Waals surface area contributed by atoms with Gasteiger partial charge in [-0.1, -0.05) is 0 Å². The van der Waals surface area contributed by atoms with Gasteiger partial charge in [0.15, 0.2) is 0 Å². The van der Waals surface area contributed by atoms with Crippen molar-refractivity contribution in [2.45, 2.75) is 11.3 Å². The van der Waals surface area contributed by atoms with Crippen LogP contribution in [0, 0.1) is 10.1 Å². The number of nitrogens with zero attached hydrogens (tertiary/aromatic N) is 1. The van der Waals surface area contributed by atoms with Crippen LogP contribution in [-0.2, 0) is 16.4 Å². The molecule has 0 aliphatic carbocycles. The third-order valence-electron chi connectivity index (χ3n) is 3.30. The number of non-ortho nitro benzene ring substituents is 1. The van der Waals surface area contributed by atoms with Crippen LogP contribution in [0.15, 0.2) is 47.4 Å². The molecule has 1 heterocycles. The summed E-state index contributed by atoms with van der Waals surface area (Å²) in [5.41, 5.74) is 1.22. The average molecular weight is 320 g/mol. The maximum Gasteiger partial charge on any atom is 0.269 e. The van der Waals surface area contributed by atoms with E-state index in [1.807, 2.05) is 0 Å². The molecule has 0 radical (unpaired) electrons. The van der Waals surface area contributed by atoms with Gasteiger partial charge >= 0.3 is 0 Å². The van der Waals surface area contributed by atoms with E-state index in [2.05, 4.69) is 4.72 Å². The highest BCUT2D eigenvalue weighted by molar-refractivity contribution is 7.92. The number of nitrogens with one attached hydrogen (secondary N) is 1. The Labute approximate surface area is 126 Å². The molecule has 22 heavy (non-hydrogen) atoms. The molecule has 0 atom stereocenters. The second-order valence-corrected chi connectivity index (χ2v) is 6.46. The summed E-state index contributed by atoms with van der Waals surface area (Å²) in [6.45, 7) is 0.591. The van der Waals surface area contributed by atoms with Crippen molar-refractivity contribution in [3.8, 4) is 5.75 Å². The lowest BCUT2D eigenvalue weighted by molar-refractivity contribution is -0.384. The van der Waals surface area contributed by atoms with Crippen molar-refractivity contribution >= 4 is 21.4 Å². The Hall–Kier alpha value is -2.61. The monoisotopic (exact) mass is 320 g/mol. The van der Waals surface area contributed by atoms with Crippen molar-refractivity contribution in [1.82, 2.24) is 0 Å². The van der Waals surface area contributed by atoms with Gasteiger partial charge in [-0.15, -0.1) is 0 Å². The smallest absolute Gasteiger partial charge is 0.269 e. The van der Waals surface area contributed by atoms with Gasteiger partial charge in [0.2, 0.25) is 0 Å². The quantitative estimate of drug-likeness (QED) is 0.688. The molecule has 8 heteroatoms. The van der Waals surface area contributed by atoms with Crippen molar-refractivity contribution in [2.24, 2.45) is 0 Å². The minimum Gasteiger partial charge on any atom is -0.493 e. The number of sulfonamides is 1. The molecular formula is C14H12N2O5S. The number of benzene rings is 2. The average Bonchev–Trinajstić information content (AvgIpc) is 2.94. The third-order valence-corrected chi connectivity index (χ3v) is 4.70. The van der Waals surface area contributed by atoms with Gasteiger partial charge in [0.25, 0.3) is 15.7 Å². The molecule has 114 valence electrons. The van der Waals surface area contributed by atoms with Crippen molar-refractivity contribution in [3.05, 3.63) is 58.1 Å². The molecule has 1 N–H and O–H groups in total. The normalized spacial score (nSPS) is 13.3. The summed E-state index contributed by atoms with van der Waals surface area (Å²) in [6, 6.07) is 9.79. The van der Waals surface area contributed by atoms with Gasteiger partial charge in [0.05, 0.1) is 16.4 Å². The third kappa shape index (κ3) is 2.73. The number of nitro groups is 1. The zero-order chi connectivity index (χ0) is 15.7. The van der Waals surface area contributed by atoms with Crippen LogP contribution < -0.4 is 9.46 Å². The lowest BCUT2D eigenvalue weighted by Crippen LogP contribution is -2.13. The van der Waals surface area contributed by atoms with E-state index < -0.39 is 14.9 Å². The minimum atomic E-state index is -3.79. The van der Waals surface area contributed by atoms with Crippen LogP contribution in [0.5, 0.6) is 5.75 Å². The second kappa shape index (κ2) is 5.30. The minimum absolute atomic E-state index is 0.0325. The summed E-state index contributed by atoms with van der Waals surface area (Å²) in [4.78, 5) is 9.98. The van der Waals surface area contributed by atoms with Crippen LogP contribution in [0.2, 0.25) is 0 Å². The van der Waals surface area contributed by atoms with E-state index >= 15 is 0 Å². The Morgan fingerprint density at radius 2 is 1.86 bits per heavy atom. The highest BCUT2D eigenvalue weighted by Gasteiger charge is 2.18. The summed E-state index contributed by atoms with van der Waals surface area (Å²) < 4.78 is 32.4. The lowest BCUT2D eigenvalue weighted by atomic mass is 10.1. The molecule has 0 spiro atoms. The second-order valence-electron chi connectivity index (χ2n) is 4.78. The maximum atomic E-state index is 12.3. The first kappa shape index (κ1) is 14.3. The van der Waals surface area contributed by atoms with E-state index in [4.69, 9.17) is 4.74 Å². The Kier molecular flexibility index (Phi) is 3.45. The highest BCUT2D eigenvalue weighted by Crippen LogP contribution is 2.29. The van der Waals surface area contributed by atoms with Crippen LogP contribution in [0.25, 0.3) is 0 Å². The van der Waals surface area contributed by atoms with Crippen LogP contribution in [-0.4, -0.2) is 19.9 Å². The number of hydrogen-bond donors (Lipinski definition) is 1. The van der Waals surface area contributed by atoms with Crippen LogP contribution in [0.3, 0.4) is 0 Å². The number of rotatable bonds is 4. The highest BCUT2D eigenvalue weighted by atomic mass is 32.2. The lowest BCUT2D eigenvalue weighted by Gasteiger charge is -2.09. The fourth-order valence-electron chi connectivity index (χ4n) is 2.21. The van der Waals surface area contributed by atoms with Crippen molar-refractivity contribution in [2.75, 3.05) is 11.3 Å². The molecule has 1 aliphatic rings. The molecule has 0 saturated heterocycles. The molecule has 0 amide bonds. The van der Waals surface area contributed by atoms with Crippen molar-refractivity contribution in [1.29, 1.82) is 0 Å². The molecule has 3 rings (SSSR count). The zero-order valence-electron chi connectivity index (χ0n) is 11.4. The van der Waals surface area contributed by atoms with Gasteiger partial charge in [0.1, 0.15) is 5.75 Å².